The minimum Gasteiger partial charge on any atom is -0.439 e. The van der Waals surface area contributed by atoms with E-state index in [-0.39, 0.29) is 16.2 Å². The van der Waals surface area contributed by atoms with Gasteiger partial charge in [0.15, 0.2) is 0 Å². The highest BCUT2D eigenvalue weighted by Crippen LogP contribution is 2.32. The lowest BCUT2D eigenvalue weighted by molar-refractivity contribution is 0.451. The molecule has 1 aromatic carbocycles. The summed E-state index contributed by atoms with van der Waals surface area (Å²) in [5.41, 5.74) is 6.82. The fourth-order valence-electron chi connectivity index (χ4n) is 1.67. The summed E-state index contributed by atoms with van der Waals surface area (Å²) in [5, 5.41) is 0.218. The molecule has 19 heavy (non-hydrogen) atoms. The number of oxazole rings is 1. The van der Waals surface area contributed by atoms with E-state index in [0.717, 1.165) is 11.8 Å². The second-order valence-electron chi connectivity index (χ2n) is 4.43. The van der Waals surface area contributed by atoms with Crippen molar-refractivity contribution in [1.29, 1.82) is 0 Å². The van der Waals surface area contributed by atoms with Gasteiger partial charge in [0.2, 0.25) is 0 Å². The van der Waals surface area contributed by atoms with Gasteiger partial charge in [0.25, 0.3) is 5.22 Å². The van der Waals surface area contributed by atoms with Crippen LogP contribution in [0.25, 0.3) is 0 Å². The fraction of sp³-hybridized carbons (Fsp3) is 0.308. The predicted molar refractivity (Wildman–Crippen MR) is 69.1 cm³/mol. The van der Waals surface area contributed by atoms with Crippen LogP contribution in [-0.2, 0) is 6.42 Å². The quantitative estimate of drug-likeness (QED) is 0.936. The molecule has 102 valence electrons. The summed E-state index contributed by atoms with van der Waals surface area (Å²) in [4.78, 5) is 3.89. The van der Waals surface area contributed by atoms with E-state index in [1.807, 2.05) is 0 Å². The molecule has 0 fully saturated rings. The Kier molecular flexibility index (Phi) is 4.21. The van der Waals surface area contributed by atoms with E-state index in [2.05, 4.69) is 4.98 Å². The van der Waals surface area contributed by atoms with Gasteiger partial charge in [-0.05, 0) is 49.7 Å². The van der Waals surface area contributed by atoms with E-state index in [0.29, 0.717) is 17.7 Å². The second-order valence-corrected chi connectivity index (χ2v) is 5.39. The number of aromatic nitrogens is 1. The molecule has 2 aromatic rings. The third-order valence-electron chi connectivity index (χ3n) is 2.40. The Labute approximate surface area is 114 Å². The normalized spacial score (nSPS) is 12.7. The molecule has 0 saturated carbocycles. The van der Waals surface area contributed by atoms with Crippen LogP contribution in [0.5, 0.6) is 0 Å². The van der Waals surface area contributed by atoms with E-state index >= 15 is 0 Å². The molecule has 3 nitrogen and oxygen atoms in total. The van der Waals surface area contributed by atoms with Crippen molar-refractivity contribution in [3.63, 3.8) is 0 Å². The molecule has 0 aliphatic rings. The Hall–Kier alpha value is -1.40. The average Bonchev–Trinajstić information content (AvgIpc) is 2.68. The number of hydrogen-bond acceptors (Lipinski definition) is 4. The Balaban J connectivity index is 2.26. The van der Waals surface area contributed by atoms with Crippen molar-refractivity contribution in [3.05, 3.63) is 41.3 Å². The van der Waals surface area contributed by atoms with Crippen LogP contribution in [0.1, 0.15) is 18.2 Å². The van der Waals surface area contributed by atoms with Crippen molar-refractivity contribution in [2.24, 2.45) is 5.73 Å². The topological polar surface area (TPSA) is 52.0 Å². The number of hydrogen-bond donors (Lipinski definition) is 1. The van der Waals surface area contributed by atoms with Gasteiger partial charge in [-0.1, -0.05) is 0 Å². The van der Waals surface area contributed by atoms with Crippen molar-refractivity contribution in [3.8, 4) is 0 Å². The summed E-state index contributed by atoms with van der Waals surface area (Å²) in [7, 11) is 0. The van der Waals surface area contributed by atoms with Crippen molar-refractivity contribution >= 4 is 11.8 Å². The van der Waals surface area contributed by atoms with Crippen LogP contribution in [-0.4, -0.2) is 11.0 Å². The smallest absolute Gasteiger partial charge is 0.260 e. The molecule has 0 amide bonds. The van der Waals surface area contributed by atoms with Gasteiger partial charge in [-0.25, -0.2) is 13.8 Å². The molecule has 0 saturated heterocycles. The first-order valence-electron chi connectivity index (χ1n) is 5.79. The van der Waals surface area contributed by atoms with Crippen LogP contribution in [0.4, 0.5) is 8.78 Å². The third-order valence-corrected chi connectivity index (χ3v) is 3.36. The third kappa shape index (κ3) is 3.54. The van der Waals surface area contributed by atoms with E-state index < -0.39 is 11.6 Å². The maximum absolute atomic E-state index is 13.9. The van der Waals surface area contributed by atoms with E-state index in [1.54, 1.807) is 13.8 Å². The minimum absolute atomic E-state index is 0.115. The monoisotopic (exact) mass is 284 g/mol. The van der Waals surface area contributed by atoms with Crippen molar-refractivity contribution in [2.45, 2.75) is 36.4 Å². The molecule has 2 N–H and O–H groups in total. The van der Waals surface area contributed by atoms with E-state index in [1.165, 1.54) is 18.4 Å². The fourth-order valence-corrected chi connectivity index (χ4v) is 2.44. The standard InChI is InChI=1S/C13H14F2N2OS/c1-7(16)3-9-4-10(14)12(11(15)5-9)19-13-17-8(2)6-18-13/h4-7H,3,16H2,1-2H3. The minimum atomic E-state index is -0.628. The molecule has 0 aliphatic carbocycles. The maximum Gasteiger partial charge on any atom is 0.260 e. The van der Waals surface area contributed by atoms with Crippen molar-refractivity contribution in [2.75, 3.05) is 0 Å². The van der Waals surface area contributed by atoms with Crippen LogP contribution in [0.2, 0.25) is 0 Å². The Bertz CT molecular complexity index is 561. The van der Waals surface area contributed by atoms with Crippen LogP contribution in [0, 0.1) is 18.6 Å². The highest BCUT2D eigenvalue weighted by molar-refractivity contribution is 7.99. The van der Waals surface area contributed by atoms with Gasteiger partial charge in [-0.15, -0.1) is 0 Å². The van der Waals surface area contributed by atoms with Crippen LogP contribution >= 0.6 is 11.8 Å². The average molecular weight is 284 g/mol. The van der Waals surface area contributed by atoms with Gasteiger partial charge in [-0.2, -0.15) is 0 Å². The van der Waals surface area contributed by atoms with Gasteiger partial charge in [0, 0.05) is 6.04 Å². The number of nitrogens with two attached hydrogens (primary N) is 1. The summed E-state index contributed by atoms with van der Waals surface area (Å²) in [5.74, 6) is -1.26. The first kappa shape index (κ1) is 14.0. The van der Waals surface area contributed by atoms with Crippen LogP contribution in [0.15, 0.2) is 32.9 Å². The van der Waals surface area contributed by atoms with Gasteiger partial charge in [0.1, 0.15) is 17.9 Å². The molecule has 0 bridgehead atoms. The molecule has 0 spiro atoms. The summed E-state index contributed by atoms with van der Waals surface area (Å²) in [6.45, 7) is 3.53. The molecule has 0 radical (unpaired) electrons. The van der Waals surface area contributed by atoms with Crippen LogP contribution in [0.3, 0.4) is 0 Å². The molecular weight excluding hydrogens is 270 g/mol. The number of nitrogens with zero attached hydrogens (tertiary/aromatic N) is 1. The molecule has 0 aliphatic heterocycles. The maximum atomic E-state index is 13.9. The molecule has 1 heterocycles. The van der Waals surface area contributed by atoms with Crippen molar-refractivity contribution < 1.29 is 13.2 Å². The highest BCUT2D eigenvalue weighted by atomic mass is 32.2. The van der Waals surface area contributed by atoms with Crippen molar-refractivity contribution in [1.82, 2.24) is 4.98 Å². The van der Waals surface area contributed by atoms with Gasteiger partial charge >= 0.3 is 0 Å². The lowest BCUT2D eigenvalue weighted by atomic mass is 10.1. The van der Waals surface area contributed by atoms with Gasteiger partial charge < -0.3 is 10.2 Å². The largest absolute Gasteiger partial charge is 0.439 e. The zero-order chi connectivity index (χ0) is 14.0. The summed E-state index contributed by atoms with van der Waals surface area (Å²) >= 11 is 0.830. The molecular formula is C13H14F2N2OS. The number of benzene rings is 1. The molecule has 1 unspecified atom stereocenters. The Morgan fingerprint density at radius 2 is 2.00 bits per heavy atom. The summed E-state index contributed by atoms with van der Waals surface area (Å²) < 4.78 is 32.8. The first-order valence-corrected chi connectivity index (χ1v) is 6.61. The molecule has 6 heteroatoms. The lowest BCUT2D eigenvalue weighted by Gasteiger charge is -2.08. The Morgan fingerprint density at radius 1 is 1.37 bits per heavy atom. The number of rotatable bonds is 4. The summed E-state index contributed by atoms with van der Waals surface area (Å²) in [6, 6.07) is 2.45. The molecule has 1 atom stereocenters. The Morgan fingerprint density at radius 3 is 2.47 bits per heavy atom. The van der Waals surface area contributed by atoms with E-state index in [9.17, 15) is 8.78 Å². The number of halogens is 2. The first-order chi connectivity index (χ1) is 8.95. The molecule has 1 aromatic heterocycles. The van der Waals surface area contributed by atoms with Gasteiger partial charge in [0.05, 0.1) is 10.6 Å². The SMILES string of the molecule is Cc1coc(Sc2c(F)cc(CC(C)N)cc2F)n1. The zero-order valence-corrected chi connectivity index (χ0v) is 11.4. The highest BCUT2D eigenvalue weighted by Gasteiger charge is 2.15. The van der Waals surface area contributed by atoms with Crippen LogP contribution < -0.4 is 5.73 Å². The predicted octanol–water partition coefficient (Wildman–Crippen LogP) is 3.30. The molecule has 2 rings (SSSR count). The summed E-state index contributed by atoms with van der Waals surface area (Å²) in [6.07, 6.45) is 1.86. The second kappa shape index (κ2) is 5.71. The number of aryl methyl sites for hydroxylation is 1. The van der Waals surface area contributed by atoms with Gasteiger partial charge in [-0.3, -0.25) is 0 Å². The van der Waals surface area contributed by atoms with E-state index in [4.69, 9.17) is 10.2 Å². The zero-order valence-electron chi connectivity index (χ0n) is 10.6. The lowest BCUT2D eigenvalue weighted by Crippen LogP contribution is -2.18.